The van der Waals surface area contributed by atoms with E-state index < -0.39 is 6.04 Å². The van der Waals surface area contributed by atoms with Crippen LogP contribution in [0.25, 0.3) is 6.08 Å². The van der Waals surface area contributed by atoms with Gasteiger partial charge in [0.25, 0.3) is 5.91 Å². The minimum atomic E-state index is -0.397. The summed E-state index contributed by atoms with van der Waals surface area (Å²) in [6.45, 7) is 6.80. The molecule has 3 aromatic carbocycles. The lowest BCUT2D eigenvalue weighted by Gasteiger charge is -2.39. The summed E-state index contributed by atoms with van der Waals surface area (Å²) in [5.74, 6) is -0.384. The number of benzene rings is 3. The summed E-state index contributed by atoms with van der Waals surface area (Å²) < 4.78 is 5.09. The summed E-state index contributed by atoms with van der Waals surface area (Å²) >= 11 is 0. The molecule has 0 saturated carbocycles. The van der Waals surface area contributed by atoms with Crippen molar-refractivity contribution >= 4 is 29.3 Å². The monoisotopic (exact) mass is 455 g/mol. The zero-order valence-corrected chi connectivity index (χ0v) is 19.3. The number of hydrogen-bond donors (Lipinski definition) is 1. The molecule has 1 aliphatic rings. The van der Waals surface area contributed by atoms with Crippen molar-refractivity contribution in [1.29, 1.82) is 0 Å². The Morgan fingerprint density at radius 3 is 2.15 bits per heavy atom. The summed E-state index contributed by atoms with van der Waals surface area (Å²) in [6.07, 6.45) is 1.75. The van der Waals surface area contributed by atoms with Gasteiger partial charge in [0.05, 0.1) is 7.11 Å². The van der Waals surface area contributed by atoms with Gasteiger partial charge in [0.2, 0.25) is 0 Å². The number of methoxy groups -OCH3 is 1. The second-order valence-electron chi connectivity index (χ2n) is 8.19. The number of nitrogens with one attached hydrogen (secondary N) is 1. The van der Waals surface area contributed by atoms with Crippen LogP contribution in [0.4, 0.5) is 11.4 Å². The van der Waals surface area contributed by atoms with E-state index in [1.165, 1.54) is 7.11 Å². The number of rotatable bonds is 7. The zero-order valence-electron chi connectivity index (χ0n) is 19.3. The molecule has 1 aliphatic heterocycles. The van der Waals surface area contributed by atoms with Crippen molar-refractivity contribution in [2.45, 2.75) is 6.04 Å². The van der Waals surface area contributed by atoms with E-state index in [0.717, 1.165) is 48.7 Å². The fraction of sp³-hybridized carbons (Fsp3) is 0.214. The van der Waals surface area contributed by atoms with Gasteiger partial charge in [0.1, 0.15) is 6.04 Å². The van der Waals surface area contributed by atoms with Crippen molar-refractivity contribution in [3.63, 3.8) is 0 Å². The molecule has 6 nitrogen and oxygen atoms in total. The Hall–Kier alpha value is -3.90. The molecule has 1 amide bonds. The standard InChI is InChI=1S/C28H29N3O3/c1-3-21-9-11-23(12-10-21)27(32)29-24-13-15-25(16-14-24)30-17-19-31(20-18-30)26(28(33)34-2)22-7-5-4-6-8-22/h3-16,26H,1,17-20H2,2H3,(H,29,32). The van der Waals surface area contributed by atoms with Gasteiger partial charge >= 0.3 is 5.97 Å². The maximum absolute atomic E-state index is 12.5. The average molecular weight is 456 g/mol. The van der Waals surface area contributed by atoms with Crippen LogP contribution in [0, 0.1) is 0 Å². The van der Waals surface area contributed by atoms with Gasteiger partial charge in [0, 0.05) is 43.1 Å². The predicted molar refractivity (Wildman–Crippen MR) is 136 cm³/mol. The van der Waals surface area contributed by atoms with Crippen LogP contribution in [0.1, 0.15) is 27.5 Å². The van der Waals surface area contributed by atoms with E-state index in [2.05, 4.69) is 21.7 Å². The third kappa shape index (κ3) is 5.35. The molecular formula is C28H29N3O3. The normalized spacial score (nSPS) is 14.8. The molecule has 0 spiro atoms. The van der Waals surface area contributed by atoms with E-state index in [1.54, 1.807) is 18.2 Å². The highest BCUT2D eigenvalue weighted by Crippen LogP contribution is 2.26. The molecule has 1 fully saturated rings. The highest BCUT2D eigenvalue weighted by Gasteiger charge is 2.31. The van der Waals surface area contributed by atoms with Gasteiger partial charge in [-0.05, 0) is 47.5 Å². The maximum atomic E-state index is 12.5. The molecule has 1 unspecified atom stereocenters. The molecule has 34 heavy (non-hydrogen) atoms. The first-order valence-corrected chi connectivity index (χ1v) is 11.3. The van der Waals surface area contributed by atoms with Crippen LogP contribution < -0.4 is 10.2 Å². The Labute approximate surface area is 200 Å². The average Bonchev–Trinajstić information content (AvgIpc) is 2.90. The zero-order chi connectivity index (χ0) is 23.9. The quantitative estimate of drug-likeness (QED) is 0.527. The fourth-order valence-corrected chi connectivity index (χ4v) is 4.21. The van der Waals surface area contributed by atoms with Gasteiger partial charge in [-0.15, -0.1) is 0 Å². The summed E-state index contributed by atoms with van der Waals surface area (Å²) in [6, 6.07) is 24.5. The number of ether oxygens (including phenoxy) is 1. The van der Waals surface area contributed by atoms with Crippen LogP contribution >= 0.6 is 0 Å². The van der Waals surface area contributed by atoms with Crippen LogP contribution in [0.15, 0.2) is 85.4 Å². The minimum Gasteiger partial charge on any atom is -0.468 e. The minimum absolute atomic E-state index is 0.147. The smallest absolute Gasteiger partial charge is 0.327 e. The summed E-state index contributed by atoms with van der Waals surface area (Å²) in [5.41, 5.74) is 4.35. The van der Waals surface area contributed by atoms with Gasteiger partial charge in [-0.3, -0.25) is 9.69 Å². The Morgan fingerprint density at radius 1 is 0.912 bits per heavy atom. The molecule has 0 aromatic heterocycles. The highest BCUT2D eigenvalue weighted by molar-refractivity contribution is 6.04. The first-order valence-electron chi connectivity index (χ1n) is 11.3. The van der Waals surface area contributed by atoms with Crippen LogP contribution in [-0.2, 0) is 9.53 Å². The largest absolute Gasteiger partial charge is 0.468 e. The van der Waals surface area contributed by atoms with Crippen LogP contribution in [0.2, 0.25) is 0 Å². The predicted octanol–water partition coefficient (Wildman–Crippen LogP) is 4.62. The number of anilines is 2. The first-order chi connectivity index (χ1) is 16.6. The van der Waals surface area contributed by atoms with E-state index in [1.807, 2.05) is 66.7 Å². The van der Waals surface area contributed by atoms with Gasteiger partial charge in [0.15, 0.2) is 0 Å². The number of hydrogen-bond acceptors (Lipinski definition) is 5. The fourth-order valence-electron chi connectivity index (χ4n) is 4.21. The SMILES string of the molecule is C=Cc1ccc(C(=O)Nc2ccc(N3CCN(C(C(=O)OC)c4ccccc4)CC3)cc2)cc1. The molecule has 6 heteroatoms. The first kappa shape index (κ1) is 23.3. The van der Waals surface area contributed by atoms with Crippen LogP contribution in [0.5, 0.6) is 0 Å². The Bertz CT molecular complexity index is 1120. The van der Waals surface area contributed by atoms with Crippen molar-refractivity contribution in [3.8, 4) is 0 Å². The van der Waals surface area contributed by atoms with Crippen molar-refractivity contribution in [3.05, 3.63) is 102 Å². The lowest BCUT2D eigenvalue weighted by molar-refractivity contribution is -0.147. The number of esters is 1. The van der Waals surface area contributed by atoms with Crippen molar-refractivity contribution in [1.82, 2.24) is 4.90 Å². The van der Waals surface area contributed by atoms with E-state index >= 15 is 0 Å². The highest BCUT2D eigenvalue weighted by atomic mass is 16.5. The lowest BCUT2D eigenvalue weighted by atomic mass is 10.0. The van der Waals surface area contributed by atoms with Crippen molar-refractivity contribution in [2.75, 3.05) is 43.5 Å². The Morgan fingerprint density at radius 2 is 1.56 bits per heavy atom. The second kappa shape index (κ2) is 10.8. The molecule has 0 aliphatic carbocycles. The topological polar surface area (TPSA) is 61.9 Å². The van der Waals surface area contributed by atoms with Gasteiger partial charge < -0.3 is 15.0 Å². The molecule has 0 radical (unpaired) electrons. The molecule has 1 heterocycles. The molecule has 174 valence electrons. The molecule has 3 aromatic rings. The van der Waals surface area contributed by atoms with E-state index in [4.69, 9.17) is 4.74 Å². The summed E-state index contributed by atoms with van der Waals surface area (Å²) in [4.78, 5) is 29.5. The molecule has 0 bridgehead atoms. The van der Waals surface area contributed by atoms with Crippen molar-refractivity contribution < 1.29 is 14.3 Å². The van der Waals surface area contributed by atoms with Gasteiger partial charge in [-0.1, -0.05) is 55.1 Å². The number of piperazine rings is 1. The molecule has 4 rings (SSSR count). The van der Waals surface area contributed by atoms with Crippen LogP contribution in [0.3, 0.4) is 0 Å². The summed E-state index contributed by atoms with van der Waals surface area (Å²) in [5, 5.41) is 2.94. The number of nitrogens with zero attached hydrogens (tertiary/aromatic N) is 2. The Balaban J connectivity index is 1.36. The number of amides is 1. The molecule has 1 saturated heterocycles. The Kier molecular flexibility index (Phi) is 7.40. The third-order valence-electron chi connectivity index (χ3n) is 6.12. The molecule has 1 atom stereocenters. The maximum Gasteiger partial charge on any atom is 0.327 e. The molecule has 1 N–H and O–H groups in total. The number of carbonyl (C=O) groups excluding carboxylic acids is 2. The van der Waals surface area contributed by atoms with Crippen LogP contribution in [-0.4, -0.2) is 50.1 Å². The summed E-state index contributed by atoms with van der Waals surface area (Å²) in [7, 11) is 1.44. The van der Waals surface area contributed by atoms with E-state index in [-0.39, 0.29) is 11.9 Å². The van der Waals surface area contributed by atoms with E-state index in [0.29, 0.717) is 5.56 Å². The lowest BCUT2D eigenvalue weighted by Crippen LogP contribution is -2.49. The number of carbonyl (C=O) groups is 2. The van der Waals surface area contributed by atoms with Crippen molar-refractivity contribution in [2.24, 2.45) is 0 Å². The van der Waals surface area contributed by atoms with Gasteiger partial charge in [-0.25, -0.2) is 4.79 Å². The third-order valence-corrected chi connectivity index (χ3v) is 6.12. The van der Waals surface area contributed by atoms with Gasteiger partial charge in [-0.2, -0.15) is 0 Å². The van der Waals surface area contributed by atoms with E-state index in [9.17, 15) is 9.59 Å². The molecular weight excluding hydrogens is 426 g/mol. The second-order valence-corrected chi connectivity index (χ2v) is 8.19.